The first-order chi connectivity index (χ1) is 6.84. The van der Waals surface area contributed by atoms with Gasteiger partial charge in [-0.1, -0.05) is 0 Å². The number of hydroxylamine groups is 2. The second-order valence-corrected chi connectivity index (χ2v) is 3.90. The highest BCUT2D eigenvalue weighted by molar-refractivity contribution is 5.64. The number of hydrogen-bond acceptors (Lipinski definition) is 3. The van der Waals surface area contributed by atoms with E-state index in [1.165, 1.54) is 25.7 Å². The van der Waals surface area contributed by atoms with Crippen molar-refractivity contribution in [2.45, 2.75) is 25.7 Å². The number of amidine groups is 1. The van der Waals surface area contributed by atoms with Crippen LogP contribution in [0.2, 0.25) is 0 Å². The van der Waals surface area contributed by atoms with Gasteiger partial charge in [0.25, 0.3) is 0 Å². The second kappa shape index (κ2) is 6.02. The lowest BCUT2D eigenvalue weighted by atomic mass is 10.4. The van der Waals surface area contributed by atoms with Gasteiger partial charge in [-0.2, -0.15) is 0 Å². The van der Waals surface area contributed by atoms with Gasteiger partial charge in [0, 0.05) is 13.1 Å². The van der Waals surface area contributed by atoms with Gasteiger partial charge in [0.2, 0.25) is 0 Å². The summed E-state index contributed by atoms with van der Waals surface area (Å²) in [5, 5.41) is 7.09. The molecule has 3 N–H and O–H groups in total. The fraction of sp³-hybridized carbons (Fsp3) is 0.889. The van der Waals surface area contributed by atoms with Crippen LogP contribution < -0.4 is 23.2 Å². The highest BCUT2D eigenvalue weighted by Gasteiger charge is 2.18. The fourth-order valence-corrected chi connectivity index (χ4v) is 1.92. The number of rotatable bonds is 2. The van der Waals surface area contributed by atoms with E-state index < -0.39 is 0 Å². The summed E-state index contributed by atoms with van der Waals surface area (Å²) in [6.45, 7) is 4.10. The van der Waals surface area contributed by atoms with Crippen LogP contribution in [0.3, 0.4) is 0 Å². The summed E-state index contributed by atoms with van der Waals surface area (Å²) in [5.74, 6) is 0. The van der Waals surface area contributed by atoms with Crippen LogP contribution in [0.5, 0.6) is 0 Å². The third kappa shape index (κ3) is 3.76. The maximum Gasteiger partial charge on any atom is 0.482 e. The van der Waals surface area contributed by atoms with Gasteiger partial charge in [0.05, 0.1) is 13.1 Å². The average molecular weight is 235 g/mol. The van der Waals surface area contributed by atoms with E-state index >= 15 is 0 Å². The van der Waals surface area contributed by atoms with Crippen LogP contribution in [0.1, 0.15) is 25.7 Å². The van der Waals surface area contributed by atoms with Crippen LogP contribution in [0.15, 0.2) is 0 Å². The Balaban J connectivity index is 0.00000112. The van der Waals surface area contributed by atoms with E-state index in [-0.39, 0.29) is 12.4 Å². The van der Waals surface area contributed by atoms with E-state index in [0.717, 1.165) is 26.2 Å². The summed E-state index contributed by atoms with van der Waals surface area (Å²) in [6.07, 6.45) is 4.89. The van der Waals surface area contributed by atoms with Crippen LogP contribution >= 0.6 is 0 Å². The Morgan fingerprint density at radius 1 is 1.00 bits per heavy atom. The Kier molecular flexibility index (Phi) is 4.98. The number of hydrazone groups is 1. The summed E-state index contributed by atoms with van der Waals surface area (Å²) >= 11 is 0. The molecule has 88 valence electrons. The van der Waals surface area contributed by atoms with Gasteiger partial charge in [0.15, 0.2) is 0 Å². The van der Waals surface area contributed by atoms with E-state index in [0.29, 0.717) is 6.02 Å². The third-order valence-electron chi connectivity index (χ3n) is 2.67. The molecular formula is C9H19ClN4O. The average Bonchev–Trinajstić information content (AvgIpc) is 2.76. The molecule has 0 aromatic carbocycles. The molecule has 0 bridgehead atoms. The molecule has 0 atom stereocenters. The molecule has 2 saturated heterocycles. The van der Waals surface area contributed by atoms with Crippen LogP contribution in [-0.2, 0) is 4.84 Å². The summed E-state index contributed by atoms with van der Waals surface area (Å²) in [5.41, 5.74) is 5.73. The molecule has 2 heterocycles. The molecular weight excluding hydrogens is 216 g/mol. The number of nitrogens with zero attached hydrogens (tertiary/aromatic N) is 2. The highest BCUT2D eigenvalue weighted by Crippen LogP contribution is 2.06. The Morgan fingerprint density at radius 3 is 2.13 bits per heavy atom. The zero-order valence-corrected chi connectivity index (χ0v) is 9.67. The number of nitrogens with two attached hydrogens (primary N) is 1. The van der Waals surface area contributed by atoms with Crippen molar-refractivity contribution in [1.82, 2.24) is 10.1 Å². The van der Waals surface area contributed by atoms with Crippen molar-refractivity contribution in [3.63, 3.8) is 0 Å². The SMILES string of the molecule is NC(=[NH+]N1CCCC1)ON1CCCC1.[Cl-]. The van der Waals surface area contributed by atoms with E-state index in [9.17, 15) is 0 Å². The zero-order valence-electron chi connectivity index (χ0n) is 8.91. The first-order valence-corrected chi connectivity index (χ1v) is 5.41. The van der Waals surface area contributed by atoms with E-state index in [1.807, 2.05) is 5.06 Å². The van der Waals surface area contributed by atoms with Crippen LogP contribution in [-0.4, -0.2) is 42.3 Å². The topological polar surface area (TPSA) is 55.7 Å². The quantitative estimate of drug-likeness (QED) is 0.373. The Morgan fingerprint density at radius 2 is 1.53 bits per heavy atom. The maximum atomic E-state index is 5.73. The molecule has 0 amide bonds. The first kappa shape index (κ1) is 12.4. The van der Waals surface area contributed by atoms with Gasteiger partial charge < -0.3 is 17.2 Å². The van der Waals surface area contributed by atoms with Gasteiger partial charge in [-0.25, -0.2) is 5.01 Å². The number of halogens is 1. The minimum absolute atomic E-state index is 0. The lowest BCUT2D eigenvalue weighted by Crippen LogP contribution is -3.00. The lowest BCUT2D eigenvalue weighted by molar-refractivity contribution is -0.650. The van der Waals surface area contributed by atoms with Crippen molar-refractivity contribution in [2.24, 2.45) is 5.73 Å². The number of nitrogens with one attached hydrogen (secondary N) is 1. The van der Waals surface area contributed by atoms with Gasteiger partial charge in [0.1, 0.15) is 0 Å². The zero-order chi connectivity index (χ0) is 9.80. The molecule has 15 heavy (non-hydrogen) atoms. The number of hydrogen-bond donors (Lipinski definition) is 2. The smallest absolute Gasteiger partial charge is 0.482 e. The molecule has 2 aliphatic rings. The minimum Gasteiger partial charge on any atom is -1.00 e. The summed E-state index contributed by atoms with van der Waals surface area (Å²) in [6, 6.07) is 0.411. The Hall–Kier alpha value is -0.680. The summed E-state index contributed by atoms with van der Waals surface area (Å²) < 4.78 is 0. The van der Waals surface area contributed by atoms with Gasteiger partial charge in [-0.05, 0) is 25.7 Å². The normalized spacial score (nSPS) is 22.9. The van der Waals surface area contributed by atoms with E-state index in [2.05, 4.69) is 10.1 Å². The van der Waals surface area contributed by atoms with Gasteiger partial charge >= 0.3 is 6.02 Å². The first-order valence-electron chi connectivity index (χ1n) is 5.41. The highest BCUT2D eigenvalue weighted by atomic mass is 35.5. The Bertz CT molecular complexity index is 212. The summed E-state index contributed by atoms with van der Waals surface area (Å²) in [7, 11) is 0. The molecule has 6 heteroatoms. The molecule has 0 aromatic rings. The third-order valence-corrected chi connectivity index (χ3v) is 2.67. The Labute approximate surface area is 96.6 Å². The van der Waals surface area contributed by atoms with Crippen molar-refractivity contribution in [3.8, 4) is 0 Å². The molecule has 0 saturated carbocycles. The lowest BCUT2D eigenvalue weighted by Gasteiger charge is -2.13. The van der Waals surface area contributed by atoms with E-state index in [1.54, 1.807) is 0 Å². The van der Waals surface area contributed by atoms with Crippen molar-refractivity contribution < 1.29 is 22.3 Å². The number of hydrazine groups is 1. The molecule has 2 rings (SSSR count). The molecule has 0 unspecified atom stereocenters. The van der Waals surface area contributed by atoms with Crippen LogP contribution in [0.25, 0.3) is 0 Å². The second-order valence-electron chi connectivity index (χ2n) is 3.90. The van der Waals surface area contributed by atoms with Crippen LogP contribution in [0, 0.1) is 0 Å². The van der Waals surface area contributed by atoms with Crippen molar-refractivity contribution >= 4 is 6.02 Å². The minimum atomic E-state index is 0. The standard InChI is InChI=1S/C9H18N4O.ClH/c10-9(11-12-5-1-2-6-12)14-13-7-3-4-8-13;/h1-8H2,(H2,10,11);1H. The van der Waals surface area contributed by atoms with Crippen molar-refractivity contribution in [1.29, 1.82) is 0 Å². The monoisotopic (exact) mass is 234 g/mol. The van der Waals surface area contributed by atoms with E-state index in [4.69, 9.17) is 10.6 Å². The van der Waals surface area contributed by atoms with Crippen LogP contribution in [0.4, 0.5) is 0 Å². The van der Waals surface area contributed by atoms with Crippen molar-refractivity contribution in [2.75, 3.05) is 26.2 Å². The molecule has 0 aliphatic carbocycles. The molecule has 0 radical (unpaired) electrons. The van der Waals surface area contributed by atoms with Crippen molar-refractivity contribution in [3.05, 3.63) is 0 Å². The predicted octanol–water partition coefficient (Wildman–Crippen LogP) is -4.58. The fourth-order valence-electron chi connectivity index (χ4n) is 1.92. The predicted molar refractivity (Wildman–Crippen MR) is 52.9 cm³/mol. The largest absolute Gasteiger partial charge is 1.00 e. The molecule has 2 aliphatic heterocycles. The van der Waals surface area contributed by atoms with Gasteiger partial charge in [-0.3, -0.25) is 5.73 Å². The summed E-state index contributed by atoms with van der Waals surface area (Å²) in [4.78, 5) is 5.45. The molecule has 0 aromatic heterocycles. The molecule has 0 spiro atoms. The molecule has 2 fully saturated rings. The molecule has 5 nitrogen and oxygen atoms in total. The maximum absolute atomic E-state index is 5.73. The van der Waals surface area contributed by atoms with Gasteiger partial charge in [-0.15, -0.1) is 10.2 Å².